The molecule has 2 fully saturated rings. The van der Waals surface area contributed by atoms with Gasteiger partial charge in [-0.05, 0) is 37.0 Å². The first kappa shape index (κ1) is 15.6. The van der Waals surface area contributed by atoms with Crippen LogP contribution in [0.4, 0.5) is 25.4 Å². The predicted molar refractivity (Wildman–Crippen MR) is 84.1 cm³/mol. The van der Waals surface area contributed by atoms with Crippen molar-refractivity contribution in [2.75, 3.05) is 23.4 Å². The van der Waals surface area contributed by atoms with Gasteiger partial charge in [0.05, 0.1) is 12.2 Å². The minimum Gasteiger partial charge on any atom is -0.447 e. The second-order valence-corrected chi connectivity index (χ2v) is 6.04. The molecule has 0 bridgehead atoms. The highest BCUT2D eigenvalue weighted by molar-refractivity contribution is 5.93. The summed E-state index contributed by atoms with van der Waals surface area (Å²) in [5.74, 6) is -0.118. The molecule has 7 heteroatoms. The standard InChI is InChI=1S/C16H20FN3O3/c1-10-3-2-4-13(10)18-15(21)19-14-9-11(5-6-12(14)17)20-7-8-23-16(20)22/h5-6,9-10,13H,2-4,7-8H2,1H3,(H2,18,19,21)/t10-,13+/m1/s1. The lowest BCUT2D eigenvalue weighted by Gasteiger charge is -2.19. The minimum atomic E-state index is -0.545. The van der Waals surface area contributed by atoms with Crippen molar-refractivity contribution in [2.45, 2.75) is 32.2 Å². The van der Waals surface area contributed by atoms with E-state index < -0.39 is 17.9 Å². The number of benzene rings is 1. The van der Waals surface area contributed by atoms with E-state index in [9.17, 15) is 14.0 Å². The van der Waals surface area contributed by atoms with Gasteiger partial charge in [0.15, 0.2) is 0 Å². The Morgan fingerprint density at radius 1 is 1.39 bits per heavy atom. The summed E-state index contributed by atoms with van der Waals surface area (Å²) in [5, 5.41) is 5.41. The Morgan fingerprint density at radius 3 is 2.87 bits per heavy atom. The maximum Gasteiger partial charge on any atom is 0.414 e. The lowest BCUT2D eigenvalue weighted by molar-refractivity contribution is 0.181. The van der Waals surface area contributed by atoms with Crippen LogP contribution in [-0.4, -0.2) is 31.3 Å². The molecule has 2 atom stereocenters. The van der Waals surface area contributed by atoms with Crippen LogP contribution < -0.4 is 15.5 Å². The molecule has 2 N–H and O–H groups in total. The number of carbonyl (C=O) groups is 2. The first-order chi connectivity index (χ1) is 11.0. The van der Waals surface area contributed by atoms with Crippen molar-refractivity contribution in [3.05, 3.63) is 24.0 Å². The molecule has 3 rings (SSSR count). The van der Waals surface area contributed by atoms with Crippen LogP contribution >= 0.6 is 0 Å². The van der Waals surface area contributed by atoms with Crippen LogP contribution in [0.3, 0.4) is 0 Å². The molecule has 6 nitrogen and oxygen atoms in total. The summed E-state index contributed by atoms with van der Waals surface area (Å²) in [6.07, 6.45) is 2.65. The average molecular weight is 321 g/mol. The molecule has 0 spiro atoms. The number of hydrogen-bond donors (Lipinski definition) is 2. The zero-order valence-electron chi connectivity index (χ0n) is 13.0. The van der Waals surface area contributed by atoms with Crippen molar-refractivity contribution >= 4 is 23.5 Å². The van der Waals surface area contributed by atoms with Crippen molar-refractivity contribution < 1.29 is 18.7 Å². The van der Waals surface area contributed by atoms with E-state index in [2.05, 4.69) is 17.6 Å². The fourth-order valence-corrected chi connectivity index (χ4v) is 3.09. The van der Waals surface area contributed by atoms with Crippen LogP contribution in [0.5, 0.6) is 0 Å². The minimum absolute atomic E-state index is 0.0466. The number of nitrogens with one attached hydrogen (secondary N) is 2. The van der Waals surface area contributed by atoms with Crippen LogP contribution in [0.25, 0.3) is 0 Å². The maximum absolute atomic E-state index is 13.9. The van der Waals surface area contributed by atoms with Gasteiger partial charge in [-0.2, -0.15) is 0 Å². The van der Waals surface area contributed by atoms with Gasteiger partial charge in [-0.3, -0.25) is 4.90 Å². The Bertz CT molecular complexity index is 623. The third kappa shape index (κ3) is 3.38. The van der Waals surface area contributed by atoms with Crippen LogP contribution in [0.1, 0.15) is 26.2 Å². The van der Waals surface area contributed by atoms with Crippen LogP contribution in [0.15, 0.2) is 18.2 Å². The van der Waals surface area contributed by atoms with Crippen molar-refractivity contribution in [1.82, 2.24) is 5.32 Å². The number of urea groups is 1. The summed E-state index contributed by atoms with van der Waals surface area (Å²) in [5.41, 5.74) is 0.545. The quantitative estimate of drug-likeness (QED) is 0.899. The molecule has 1 aromatic rings. The Kier molecular flexibility index (Phi) is 4.36. The van der Waals surface area contributed by atoms with Gasteiger partial charge >= 0.3 is 12.1 Å². The van der Waals surface area contributed by atoms with Gasteiger partial charge < -0.3 is 15.4 Å². The van der Waals surface area contributed by atoms with Gasteiger partial charge in [0, 0.05) is 11.7 Å². The number of ether oxygens (including phenoxy) is 1. The van der Waals surface area contributed by atoms with Crippen LogP contribution in [0, 0.1) is 11.7 Å². The van der Waals surface area contributed by atoms with E-state index in [0.717, 1.165) is 19.3 Å². The molecule has 1 saturated carbocycles. The smallest absolute Gasteiger partial charge is 0.414 e. The molecule has 23 heavy (non-hydrogen) atoms. The van der Waals surface area contributed by atoms with Gasteiger partial charge in [0.1, 0.15) is 12.4 Å². The van der Waals surface area contributed by atoms with Crippen molar-refractivity contribution in [1.29, 1.82) is 0 Å². The second kappa shape index (κ2) is 6.44. The molecule has 1 saturated heterocycles. The van der Waals surface area contributed by atoms with E-state index in [1.807, 2.05) is 0 Å². The summed E-state index contributed by atoms with van der Waals surface area (Å²) < 4.78 is 18.8. The predicted octanol–water partition coefficient (Wildman–Crippen LogP) is 3.09. The molecule has 1 aliphatic carbocycles. The molecule has 1 heterocycles. The van der Waals surface area contributed by atoms with Crippen molar-refractivity contribution in [3.63, 3.8) is 0 Å². The van der Waals surface area contributed by atoms with Gasteiger partial charge in [0.2, 0.25) is 0 Å². The fourth-order valence-electron chi connectivity index (χ4n) is 3.09. The molecule has 0 aromatic heterocycles. The number of anilines is 2. The normalized spacial score (nSPS) is 23.7. The lowest BCUT2D eigenvalue weighted by Crippen LogP contribution is -2.39. The van der Waals surface area contributed by atoms with Gasteiger partial charge in [0.25, 0.3) is 0 Å². The third-order valence-corrected chi connectivity index (χ3v) is 4.45. The Labute approximate surface area is 134 Å². The molecular weight excluding hydrogens is 301 g/mol. The first-order valence-electron chi connectivity index (χ1n) is 7.86. The number of carbonyl (C=O) groups excluding carboxylic acids is 2. The maximum atomic E-state index is 13.9. The summed E-state index contributed by atoms with van der Waals surface area (Å²) >= 11 is 0. The highest BCUT2D eigenvalue weighted by Crippen LogP contribution is 2.26. The Balaban J connectivity index is 1.69. The van der Waals surface area contributed by atoms with E-state index >= 15 is 0 Å². The largest absolute Gasteiger partial charge is 0.447 e. The van der Waals surface area contributed by atoms with Crippen LogP contribution in [0.2, 0.25) is 0 Å². The van der Waals surface area contributed by atoms with E-state index in [-0.39, 0.29) is 11.7 Å². The van der Waals surface area contributed by atoms with E-state index in [1.54, 1.807) is 0 Å². The number of amides is 3. The monoisotopic (exact) mass is 321 g/mol. The fraction of sp³-hybridized carbons (Fsp3) is 0.500. The molecule has 2 aliphatic rings. The Hall–Kier alpha value is -2.31. The molecule has 1 aromatic carbocycles. The summed E-state index contributed by atoms with van der Waals surface area (Å²) in [4.78, 5) is 25.0. The molecule has 124 valence electrons. The lowest BCUT2D eigenvalue weighted by atomic mass is 10.1. The van der Waals surface area contributed by atoms with Crippen LogP contribution in [-0.2, 0) is 4.74 Å². The number of cyclic esters (lactones) is 1. The van der Waals surface area contributed by atoms with Crippen molar-refractivity contribution in [3.8, 4) is 0 Å². The molecule has 3 amide bonds. The molecule has 1 aliphatic heterocycles. The summed E-state index contributed by atoms with van der Waals surface area (Å²) in [6, 6.07) is 3.86. The number of hydrogen-bond acceptors (Lipinski definition) is 3. The molecule has 0 radical (unpaired) electrons. The molecular formula is C16H20FN3O3. The molecule has 0 unspecified atom stereocenters. The topological polar surface area (TPSA) is 70.7 Å². The third-order valence-electron chi connectivity index (χ3n) is 4.45. The number of rotatable bonds is 3. The summed E-state index contributed by atoms with van der Waals surface area (Å²) in [7, 11) is 0. The number of nitrogens with zero attached hydrogens (tertiary/aromatic N) is 1. The highest BCUT2D eigenvalue weighted by atomic mass is 19.1. The zero-order valence-corrected chi connectivity index (χ0v) is 13.0. The first-order valence-corrected chi connectivity index (χ1v) is 7.86. The Morgan fingerprint density at radius 2 is 2.22 bits per heavy atom. The average Bonchev–Trinajstić information content (AvgIpc) is 3.11. The number of halogens is 1. The van der Waals surface area contributed by atoms with Gasteiger partial charge in [-0.15, -0.1) is 0 Å². The second-order valence-electron chi connectivity index (χ2n) is 6.04. The van der Waals surface area contributed by atoms with Crippen molar-refractivity contribution in [2.24, 2.45) is 5.92 Å². The van der Waals surface area contributed by atoms with E-state index in [4.69, 9.17) is 4.74 Å². The van der Waals surface area contributed by atoms with Gasteiger partial charge in [-0.25, -0.2) is 14.0 Å². The zero-order chi connectivity index (χ0) is 16.4. The SMILES string of the molecule is C[C@@H]1CCC[C@@H]1NC(=O)Nc1cc(N2CCOC2=O)ccc1F. The summed E-state index contributed by atoms with van der Waals surface area (Å²) in [6.45, 7) is 2.81. The van der Waals surface area contributed by atoms with E-state index in [1.165, 1.54) is 23.1 Å². The van der Waals surface area contributed by atoms with E-state index in [0.29, 0.717) is 24.8 Å². The highest BCUT2D eigenvalue weighted by Gasteiger charge is 2.26. The van der Waals surface area contributed by atoms with Gasteiger partial charge in [-0.1, -0.05) is 13.3 Å².